The molecule has 2 nitrogen and oxygen atoms in total. The van der Waals surface area contributed by atoms with Gasteiger partial charge in [0.15, 0.2) is 0 Å². The third-order valence-electron chi connectivity index (χ3n) is 3.94. The Morgan fingerprint density at radius 3 is 2.67 bits per heavy atom. The summed E-state index contributed by atoms with van der Waals surface area (Å²) in [5.74, 6) is 0. The third-order valence-corrected chi connectivity index (χ3v) is 4.18. The first-order valence-electron chi connectivity index (χ1n) is 7.19. The molecule has 118 valence electrons. The summed E-state index contributed by atoms with van der Waals surface area (Å²) in [4.78, 5) is 1.84. The Hall–Kier alpha value is -0.940. The minimum absolute atomic E-state index is 0.0603. The zero-order valence-electron chi connectivity index (χ0n) is 12.2. The largest absolute Gasteiger partial charge is 0.418 e. The van der Waals surface area contributed by atoms with E-state index in [1.165, 1.54) is 12.1 Å². The molecule has 1 N–H and O–H groups in total. The number of benzene rings is 1. The highest BCUT2D eigenvalue weighted by Crippen LogP contribution is 2.40. The van der Waals surface area contributed by atoms with Gasteiger partial charge < -0.3 is 10.2 Å². The van der Waals surface area contributed by atoms with Crippen LogP contribution < -0.4 is 10.2 Å². The highest BCUT2D eigenvalue weighted by molar-refractivity contribution is 6.30. The van der Waals surface area contributed by atoms with Gasteiger partial charge >= 0.3 is 6.18 Å². The molecule has 0 radical (unpaired) electrons. The molecule has 1 aliphatic rings. The quantitative estimate of drug-likeness (QED) is 0.892. The second kappa shape index (κ2) is 6.44. The van der Waals surface area contributed by atoms with Crippen molar-refractivity contribution in [1.82, 2.24) is 5.32 Å². The van der Waals surface area contributed by atoms with Crippen molar-refractivity contribution in [3.05, 3.63) is 28.8 Å². The number of nitrogens with zero attached hydrogens (tertiary/aromatic N) is 1. The molecule has 0 amide bonds. The predicted octanol–water partition coefficient (Wildman–Crippen LogP) is 4.33. The predicted molar refractivity (Wildman–Crippen MR) is 80.0 cm³/mol. The number of rotatable bonds is 3. The van der Waals surface area contributed by atoms with E-state index in [9.17, 15) is 13.2 Å². The summed E-state index contributed by atoms with van der Waals surface area (Å²) < 4.78 is 39.6. The lowest BCUT2D eigenvalue weighted by atomic mass is 9.96. The van der Waals surface area contributed by atoms with Crippen LogP contribution in [0.15, 0.2) is 18.2 Å². The normalized spacial score (nSPS) is 23.4. The summed E-state index contributed by atoms with van der Waals surface area (Å²) in [6.45, 7) is 5.51. The van der Waals surface area contributed by atoms with E-state index in [-0.39, 0.29) is 16.8 Å². The fourth-order valence-corrected chi connectivity index (χ4v) is 3.16. The van der Waals surface area contributed by atoms with E-state index in [4.69, 9.17) is 11.6 Å². The van der Waals surface area contributed by atoms with E-state index >= 15 is 0 Å². The Morgan fingerprint density at radius 1 is 1.38 bits per heavy atom. The van der Waals surface area contributed by atoms with Gasteiger partial charge in [-0.15, -0.1) is 0 Å². The first-order chi connectivity index (χ1) is 9.82. The van der Waals surface area contributed by atoms with E-state index in [0.717, 1.165) is 25.5 Å². The monoisotopic (exact) mass is 320 g/mol. The first-order valence-corrected chi connectivity index (χ1v) is 7.57. The lowest BCUT2D eigenvalue weighted by Crippen LogP contribution is -2.48. The van der Waals surface area contributed by atoms with Crippen LogP contribution in [0.2, 0.25) is 5.02 Å². The number of anilines is 1. The van der Waals surface area contributed by atoms with Crippen LogP contribution >= 0.6 is 11.6 Å². The molecule has 0 saturated carbocycles. The summed E-state index contributed by atoms with van der Waals surface area (Å²) in [5, 5.41) is 3.48. The molecule has 2 atom stereocenters. The highest BCUT2D eigenvalue weighted by atomic mass is 35.5. The standard InChI is InChI=1S/C15H20ClF3N2/c1-3-20-12-6-7-21(10(2)8-12)14-5-4-11(16)9-13(14)15(17,18)19/h4-5,9-10,12,20H,3,6-8H2,1-2H3. The molecule has 2 rings (SSSR count). The first kappa shape index (κ1) is 16.4. The maximum Gasteiger partial charge on any atom is 0.418 e. The molecule has 1 fully saturated rings. The smallest absolute Gasteiger partial charge is 0.368 e. The second-order valence-electron chi connectivity index (χ2n) is 5.48. The molecule has 1 aliphatic heterocycles. The van der Waals surface area contributed by atoms with Crippen molar-refractivity contribution in [2.24, 2.45) is 0 Å². The maximum atomic E-state index is 13.2. The van der Waals surface area contributed by atoms with Crippen LogP contribution in [0.4, 0.5) is 18.9 Å². The molecule has 1 aromatic rings. The van der Waals surface area contributed by atoms with Crippen LogP contribution in [0, 0.1) is 0 Å². The van der Waals surface area contributed by atoms with E-state index in [2.05, 4.69) is 5.32 Å². The van der Waals surface area contributed by atoms with Crippen molar-refractivity contribution in [1.29, 1.82) is 0 Å². The molecule has 0 aliphatic carbocycles. The number of nitrogens with one attached hydrogen (secondary N) is 1. The van der Waals surface area contributed by atoms with Crippen LogP contribution in [0.3, 0.4) is 0 Å². The molecule has 0 bridgehead atoms. The summed E-state index contributed by atoms with van der Waals surface area (Å²) >= 11 is 5.73. The number of alkyl halides is 3. The van der Waals surface area contributed by atoms with Crippen molar-refractivity contribution < 1.29 is 13.2 Å². The van der Waals surface area contributed by atoms with Crippen LogP contribution in [0.5, 0.6) is 0 Å². The molecular formula is C15H20ClF3N2. The summed E-state index contributed by atoms with van der Waals surface area (Å²) in [7, 11) is 0. The molecule has 1 heterocycles. The zero-order chi connectivity index (χ0) is 15.6. The summed E-state index contributed by atoms with van der Waals surface area (Å²) in [6, 6.07) is 4.46. The van der Waals surface area contributed by atoms with Crippen molar-refractivity contribution in [2.45, 2.75) is 44.9 Å². The van der Waals surface area contributed by atoms with Gasteiger partial charge in [0.1, 0.15) is 0 Å². The lowest BCUT2D eigenvalue weighted by Gasteiger charge is -2.40. The lowest BCUT2D eigenvalue weighted by molar-refractivity contribution is -0.137. The molecule has 6 heteroatoms. The zero-order valence-corrected chi connectivity index (χ0v) is 12.9. The van der Waals surface area contributed by atoms with Crippen molar-refractivity contribution in [3.8, 4) is 0 Å². The average molecular weight is 321 g/mol. The van der Waals surface area contributed by atoms with Gasteiger partial charge in [0.05, 0.1) is 5.56 Å². The molecule has 21 heavy (non-hydrogen) atoms. The molecule has 0 spiro atoms. The SMILES string of the molecule is CCNC1CCN(c2ccc(Cl)cc2C(F)(F)F)C(C)C1. The molecular weight excluding hydrogens is 301 g/mol. The Morgan fingerprint density at radius 2 is 2.10 bits per heavy atom. The van der Waals surface area contributed by atoms with Gasteiger partial charge in [-0.25, -0.2) is 0 Å². The van der Waals surface area contributed by atoms with Gasteiger partial charge in [0.25, 0.3) is 0 Å². The fourth-order valence-electron chi connectivity index (χ4n) is 2.99. The van der Waals surface area contributed by atoms with Gasteiger partial charge in [-0.3, -0.25) is 0 Å². The van der Waals surface area contributed by atoms with Gasteiger partial charge in [-0.2, -0.15) is 13.2 Å². The Labute approximate surface area is 128 Å². The number of hydrogen-bond acceptors (Lipinski definition) is 2. The van der Waals surface area contributed by atoms with E-state index in [0.29, 0.717) is 12.6 Å². The van der Waals surface area contributed by atoms with E-state index < -0.39 is 11.7 Å². The minimum Gasteiger partial charge on any atom is -0.368 e. The Bertz CT molecular complexity index is 490. The van der Waals surface area contributed by atoms with E-state index in [1.807, 2.05) is 18.7 Å². The van der Waals surface area contributed by atoms with Crippen LogP contribution in [-0.4, -0.2) is 25.2 Å². The van der Waals surface area contributed by atoms with Crippen molar-refractivity contribution >= 4 is 17.3 Å². The summed E-state index contributed by atoms with van der Waals surface area (Å²) in [5.41, 5.74) is -0.418. The minimum atomic E-state index is -4.39. The van der Waals surface area contributed by atoms with Crippen molar-refractivity contribution in [3.63, 3.8) is 0 Å². The van der Waals surface area contributed by atoms with E-state index in [1.54, 1.807) is 0 Å². The van der Waals surface area contributed by atoms with Gasteiger partial charge in [0, 0.05) is 29.3 Å². The van der Waals surface area contributed by atoms with Gasteiger partial charge in [-0.1, -0.05) is 18.5 Å². The Balaban J connectivity index is 2.26. The number of piperidine rings is 1. The molecule has 0 aromatic heterocycles. The number of halogens is 4. The maximum absolute atomic E-state index is 13.2. The van der Waals surface area contributed by atoms with Gasteiger partial charge in [-0.05, 0) is 44.5 Å². The van der Waals surface area contributed by atoms with Crippen LogP contribution in [-0.2, 0) is 6.18 Å². The average Bonchev–Trinajstić information content (AvgIpc) is 2.39. The Kier molecular flexibility index (Phi) is 5.04. The van der Waals surface area contributed by atoms with Crippen LogP contribution in [0.1, 0.15) is 32.3 Å². The molecule has 2 unspecified atom stereocenters. The van der Waals surface area contributed by atoms with Crippen molar-refractivity contribution in [2.75, 3.05) is 18.0 Å². The molecule has 1 saturated heterocycles. The second-order valence-corrected chi connectivity index (χ2v) is 5.92. The fraction of sp³-hybridized carbons (Fsp3) is 0.600. The number of hydrogen-bond donors (Lipinski definition) is 1. The topological polar surface area (TPSA) is 15.3 Å². The molecule has 1 aromatic carbocycles. The summed E-state index contributed by atoms with van der Waals surface area (Å²) in [6.07, 6.45) is -2.70. The van der Waals surface area contributed by atoms with Gasteiger partial charge in [0.2, 0.25) is 0 Å². The highest BCUT2D eigenvalue weighted by Gasteiger charge is 2.37. The third kappa shape index (κ3) is 3.83. The van der Waals surface area contributed by atoms with Crippen LogP contribution in [0.25, 0.3) is 0 Å².